The van der Waals surface area contributed by atoms with Gasteiger partial charge in [0.25, 0.3) is 0 Å². The van der Waals surface area contributed by atoms with Crippen molar-refractivity contribution < 1.29 is 19.1 Å². The van der Waals surface area contributed by atoms with E-state index in [9.17, 15) is 9.90 Å². The van der Waals surface area contributed by atoms with Crippen LogP contribution in [0, 0.1) is 23.2 Å². The van der Waals surface area contributed by atoms with Crippen LogP contribution in [0.3, 0.4) is 0 Å². The smallest absolute Gasteiger partial charge is 0.419 e. The number of nitrogens with two attached hydrogens (primary N) is 1. The molecule has 0 heterocycles. The lowest BCUT2D eigenvalue weighted by atomic mass is 9.53. The molecule has 4 rings (SSSR count). The van der Waals surface area contributed by atoms with Crippen LogP contribution in [-0.2, 0) is 9.22 Å². The van der Waals surface area contributed by atoms with Crippen molar-refractivity contribution in [2.45, 2.75) is 44.1 Å². The van der Waals surface area contributed by atoms with E-state index in [0.717, 1.165) is 19.3 Å². The van der Waals surface area contributed by atoms with Gasteiger partial charge < -0.3 is 10.8 Å². The Kier molecular flexibility index (Phi) is 3.45. The number of nitrogens with zero attached hydrogens (tertiary/aromatic N) is 1. The van der Waals surface area contributed by atoms with Gasteiger partial charge in [-0.3, -0.25) is 4.89 Å². The monoisotopic (exact) mass is 301 g/mol. The summed E-state index contributed by atoms with van der Waals surface area (Å²) in [7, 11) is 0. The number of amides is 1. The van der Waals surface area contributed by atoms with Crippen molar-refractivity contribution in [2.24, 2.45) is 23.5 Å². The molecule has 0 saturated heterocycles. The summed E-state index contributed by atoms with van der Waals surface area (Å²) >= 11 is 0.637. The Morgan fingerprint density at radius 1 is 1.25 bits per heavy atom. The fourth-order valence-electron chi connectivity index (χ4n) is 4.71. The van der Waals surface area contributed by atoms with Crippen LogP contribution in [0.25, 0.3) is 0 Å². The number of amidine groups is 1. The maximum Gasteiger partial charge on any atom is 0.419 e. The van der Waals surface area contributed by atoms with E-state index >= 15 is 0 Å². The molecule has 112 valence electrons. The molecule has 4 N–H and O–H groups in total. The first kappa shape index (κ1) is 13.8. The maximum atomic E-state index is 11.6. The standard InChI is InChI=1S/C12H19N3O4S/c13-10(14)18-19-20-15(11(16)17)12-4-7-1-8(5-12)3-9(2-7)6-12/h7-9H,1-6H2,(H3,13,14)(H,16,17). The Balaban J connectivity index is 1.73. The van der Waals surface area contributed by atoms with Gasteiger partial charge in [0, 0.05) is 0 Å². The lowest BCUT2D eigenvalue weighted by Crippen LogP contribution is -2.59. The highest BCUT2D eigenvalue weighted by Gasteiger charge is 2.55. The zero-order chi connectivity index (χ0) is 14.3. The first-order valence-corrected chi connectivity index (χ1v) is 7.57. The van der Waals surface area contributed by atoms with E-state index in [0.29, 0.717) is 30.0 Å². The molecular weight excluding hydrogens is 282 g/mol. The van der Waals surface area contributed by atoms with Crippen molar-refractivity contribution in [1.29, 1.82) is 5.41 Å². The highest BCUT2D eigenvalue weighted by molar-refractivity contribution is 7.92. The summed E-state index contributed by atoms with van der Waals surface area (Å²) in [6, 6.07) is -0.589. The van der Waals surface area contributed by atoms with E-state index in [4.69, 9.17) is 15.5 Å². The molecule has 4 fully saturated rings. The largest absolute Gasteiger partial charge is 0.464 e. The van der Waals surface area contributed by atoms with Gasteiger partial charge in [0.15, 0.2) is 12.2 Å². The van der Waals surface area contributed by atoms with E-state index in [-0.39, 0.29) is 5.54 Å². The summed E-state index contributed by atoms with van der Waals surface area (Å²) in [5.41, 5.74) is 4.68. The molecule has 4 saturated carbocycles. The van der Waals surface area contributed by atoms with Gasteiger partial charge in [0.05, 0.1) is 5.54 Å². The molecule has 0 spiro atoms. The summed E-state index contributed by atoms with van der Waals surface area (Å²) < 4.78 is 6.00. The molecule has 0 radical (unpaired) electrons. The molecule has 0 aromatic heterocycles. The molecule has 4 bridgehead atoms. The summed E-state index contributed by atoms with van der Waals surface area (Å²) in [6.07, 6.45) is 5.40. The number of carboxylic acid groups (broad SMARTS) is 1. The van der Waals surface area contributed by atoms with E-state index < -0.39 is 12.1 Å². The van der Waals surface area contributed by atoms with E-state index in [1.54, 1.807) is 0 Å². The van der Waals surface area contributed by atoms with Gasteiger partial charge in [-0.25, -0.2) is 14.5 Å². The number of hydrogen-bond donors (Lipinski definition) is 3. The van der Waals surface area contributed by atoms with Crippen LogP contribution in [0.1, 0.15) is 38.5 Å². The predicted molar refractivity (Wildman–Crippen MR) is 72.4 cm³/mol. The minimum Gasteiger partial charge on any atom is -0.464 e. The second-order valence-corrected chi connectivity index (χ2v) is 6.96. The minimum absolute atomic E-state index is 0.342. The maximum absolute atomic E-state index is 11.6. The fourth-order valence-corrected chi connectivity index (χ4v) is 5.32. The van der Waals surface area contributed by atoms with Crippen molar-refractivity contribution >= 4 is 24.3 Å². The molecule has 0 aromatic carbocycles. The lowest BCUT2D eigenvalue weighted by molar-refractivity contribution is -0.110. The molecule has 0 unspecified atom stereocenters. The number of rotatable bonds is 4. The second-order valence-electron chi connectivity index (χ2n) is 6.31. The van der Waals surface area contributed by atoms with E-state index in [1.165, 1.54) is 23.6 Å². The molecule has 0 atom stereocenters. The normalized spacial score (nSPS) is 37.7. The zero-order valence-electron chi connectivity index (χ0n) is 11.1. The van der Waals surface area contributed by atoms with E-state index in [2.05, 4.69) is 4.89 Å². The van der Waals surface area contributed by atoms with Gasteiger partial charge in [0.2, 0.25) is 0 Å². The molecule has 0 aromatic rings. The van der Waals surface area contributed by atoms with Crippen LogP contribution in [0.4, 0.5) is 4.79 Å². The average Bonchev–Trinajstić information content (AvgIpc) is 2.31. The lowest BCUT2D eigenvalue weighted by Gasteiger charge is -2.58. The third-order valence-corrected chi connectivity index (χ3v) is 5.66. The van der Waals surface area contributed by atoms with Crippen molar-refractivity contribution in [1.82, 2.24) is 4.31 Å². The van der Waals surface area contributed by atoms with Crippen LogP contribution < -0.4 is 5.73 Å². The third-order valence-electron chi connectivity index (χ3n) is 4.84. The number of hydrogen-bond acceptors (Lipinski definition) is 5. The summed E-state index contributed by atoms with van der Waals surface area (Å²) in [5.74, 6) is 1.91. The van der Waals surface area contributed by atoms with Gasteiger partial charge >= 0.3 is 12.1 Å². The Labute approximate surface area is 121 Å². The molecule has 20 heavy (non-hydrogen) atoms. The molecule has 7 nitrogen and oxygen atoms in total. The average molecular weight is 301 g/mol. The predicted octanol–water partition coefficient (Wildman–Crippen LogP) is 2.34. The Morgan fingerprint density at radius 2 is 1.75 bits per heavy atom. The minimum atomic E-state index is -1.02. The molecule has 0 aliphatic heterocycles. The van der Waals surface area contributed by atoms with Gasteiger partial charge in [-0.05, 0) is 56.3 Å². The van der Waals surface area contributed by atoms with Crippen molar-refractivity contribution in [3.05, 3.63) is 0 Å². The van der Waals surface area contributed by atoms with Crippen LogP contribution >= 0.6 is 12.2 Å². The summed E-state index contributed by atoms with van der Waals surface area (Å²) in [5, 5.41) is 16.4. The van der Waals surface area contributed by atoms with Crippen molar-refractivity contribution in [2.75, 3.05) is 0 Å². The Morgan fingerprint density at radius 3 is 2.15 bits per heavy atom. The molecule has 4 aliphatic rings. The van der Waals surface area contributed by atoms with Gasteiger partial charge in [0.1, 0.15) is 0 Å². The van der Waals surface area contributed by atoms with Crippen molar-refractivity contribution in [3.63, 3.8) is 0 Å². The SMILES string of the molecule is N=C(N)OOSN(C(=O)O)C12CC3CC(CC(C3)C1)C2. The quantitative estimate of drug-likeness (QED) is 0.184. The van der Waals surface area contributed by atoms with Crippen LogP contribution in [0.5, 0.6) is 0 Å². The second kappa shape index (κ2) is 5.00. The highest BCUT2D eigenvalue weighted by Crippen LogP contribution is 2.58. The summed E-state index contributed by atoms with van der Waals surface area (Å²) in [6.45, 7) is 0. The number of nitrogens with one attached hydrogen (secondary N) is 1. The molecule has 4 aliphatic carbocycles. The van der Waals surface area contributed by atoms with Crippen molar-refractivity contribution in [3.8, 4) is 0 Å². The number of carbonyl (C=O) groups is 1. The topological polar surface area (TPSA) is 109 Å². The van der Waals surface area contributed by atoms with Gasteiger partial charge in [-0.1, -0.05) is 4.33 Å². The van der Waals surface area contributed by atoms with Gasteiger partial charge in [-0.15, -0.1) is 0 Å². The summed E-state index contributed by atoms with van der Waals surface area (Å²) in [4.78, 5) is 16.0. The molecule has 1 amide bonds. The molecule has 8 heteroatoms. The fraction of sp³-hybridized carbons (Fsp3) is 0.833. The van der Waals surface area contributed by atoms with Gasteiger partial charge in [-0.2, -0.15) is 0 Å². The first-order valence-electron chi connectivity index (χ1n) is 6.87. The van der Waals surface area contributed by atoms with E-state index in [1.807, 2.05) is 0 Å². The Hall–Kier alpha value is -1.15. The third kappa shape index (κ3) is 2.42. The van der Waals surface area contributed by atoms with Crippen LogP contribution in [-0.4, -0.2) is 27.1 Å². The Bertz CT molecular complexity index is 396. The van der Waals surface area contributed by atoms with Crippen LogP contribution in [0.2, 0.25) is 0 Å². The zero-order valence-corrected chi connectivity index (χ0v) is 11.9. The molecular formula is C12H19N3O4S. The first-order chi connectivity index (χ1) is 9.48. The van der Waals surface area contributed by atoms with Crippen LogP contribution in [0.15, 0.2) is 0 Å². The highest BCUT2D eigenvalue weighted by atomic mass is 32.2.